The van der Waals surface area contributed by atoms with Crippen LogP contribution >= 0.6 is 11.3 Å². The second-order valence-corrected chi connectivity index (χ2v) is 9.13. The Bertz CT molecular complexity index is 1180. The smallest absolute Gasteiger partial charge is 0.253 e. The minimum atomic E-state index is 0.471. The standard InChI is InChI=1S/C23H22N4O2S/c1-14-20(21(26-29-14)15-5-3-2-4-6-15)23-25-24-19(28-23)13-27-11-9-18-17(10-12-30-18)22(27)16-7-8-16/h2-6,10,12,16,22H,7-9,11,13H2,1H3/t22-/m0/s1. The topological polar surface area (TPSA) is 68.2 Å². The molecule has 6 nitrogen and oxygen atoms in total. The highest BCUT2D eigenvalue weighted by molar-refractivity contribution is 7.10. The highest BCUT2D eigenvalue weighted by atomic mass is 32.1. The monoisotopic (exact) mass is 418 g/mol. The Hall–Kier alpha value is -2.77. The Labute approximate surface area is 178 Å². The first-order valence-electron chi connectivity index (χ1n) is 10.4. The third-order valence-electron chi connectivity index (χ3n) is 6.12. The first-order chi connectivity index (χ1) is 14.8. The molecule has 7 heteroatoms. The lowest BCUT2D eigenvalue weighted by molar-refractivity contribution is 0.144. The lowest BCUT2D eigenvalue weighted by Crippen LogP contribution is -2.35. The molecule has 1 aromatic carbocycles. The van der Waals surface area contributed by atoms with Crippen LogP contribution in [0, 0.1) is 12.8 Å². The van der Waals surface area contributed by atoms with E-state index in [1.165, 1.54) is 18.4 Å². The van der Waals surface area contributed by atoms with Crippen LogP contribution in [-0.2, 0) is 13.0 Å². The molecule has 0 radical (unpaired) electrons. The maximum absolute atomic E-state index is 6.13. The number of nitrogens with zero attached hydrogens (tertiary/aromatic N) is 4. The molecule has 30 heavy (non-hydrogen) atoms. The van der Waals surface area contributed by atoms with Gasteiger partial charge in [-0.2, -0.15) is 0 Å². The molecule has 0 spiro atoms. The lowest BCUT2D eigenvalue weighted by Gasteiger charge is -2.35. The number of rotatable bonds is 5. The first kappa shape index (κ1) is 18.0. The van der Waals surface area contributed by atoms with E-state index in [0.717, 1.165) is 35.7 Å². The molecule has 1 aliphatic heterocycles. The minimum Gasteiger partial charge on any atom is -0.419 e. The summed E-state index contributed by atoms with van der Waals surface area (Å²) in [6.45, 7) is 3.59. The van der Waals surface area contributed by atoms with Crippen molar-refractivity contribution in [3.8, 4) is 22.7 Å². The van der Waals surface area contributed by atoms with Gasteiger partial charge in [0.25, 0.3) is 5.89 Å². The zero-order chi connectivity index (χ0) is 20.1. The van der Waals surface area contributed by atoms with E-state index in [-0.39, 0.29) is 0 Å². The third kappa shape index (κ3) is 3.09. The Kier molecular flexibility index (Phi) is 4.32. The van der Waals surface area contributed by atoms with Gasteiger partial charge in [0.15, 0.2) is 0 Å². The summed E-state index contributed by atoms with van der Waals surface area (Å²) in [5.74, 6) is 2.56. The van der Waals surface area contributed by atoms with Crippen molar-refractivity contribution >= 4 is 11.3 Å². The molecular formula is C23H22N4O2S. The predicted octanol–water partition coefficient (Wildman–Crippen LogP) is 5.27. The van der Waals surface area contributed by atoms with E-state index in [1.54, 1.807) is 4.88 Å². The van der Waals surface area contributed by atoms with E-state index in [4.69, 9.17) is 8.94 Å². The van der Waals surface area contributed by atoms with Crippen LogP contribution in [0.5, 0.6) is 0 Å². The summed E-state index contributed by atoms with van der Waals surface area (Å²) in [6, 6.07) is 12.7. The quantitative estimate of drug-likeness (QED) is 0.440. The largest absolute Gasteiger partial charge is 0.419 e. The molecule has 152 valence electrons. The van der Waals surface area contributed by atoms with Crippen LogP contribution < -0.4 is 0 Å². The molecule has 0 unspecified atom stereocenters. The van der Waals surface area contributed by atoms with Gasteiger partial charge < -0.3 is 8.94 Å². The van der Waals surface area contributed by atoms with Crippen molar-refractivity contribution in [2.24, 2.45) is 5.92 Å². The molecule has 1 fully saturated rings. The van der Waals surface area contributed by atoms with Crippen LogP contribution in [0.15, 0.2) is 50.7 Å². The summed E-state index contributed by atoms with van der Waals surface area (Å²) >= 11 is 1.89. The Morgan fingerprint density at radius 3 is 2.83 bits per heavy atom. The molecule has 0 bridgehead atoms. The molecule has 4 heterocycles. The molecule has 1 aliphatic carbocycles. The maximum atomic E-state index is 6.13. The van der Waals surface area contributed by atoms with Crippen molar-refractivity contribution in [2.75, 3.05) is 6.54 Å². The molecule has 1 saturated carbocycles. The zero-order valence-corrected chi connectivity index (χ0v) is 17.6. The number of thiophene rings is 1. The number of aromatic nitrogens is 3. The first-order valence-corrected chi connectivity index (χ1v) is 11.3. The summed E-state index contributed by atoms with van der Waals surface area (Å²) < 4.78 is 11.6. The maximum Gasteiger partial charge on any atom is 0.253 e. The highest BCUT2D eigenvalue weighted by Crippen LogP contribution is 2.48. The van der Waals surface area contributed by atoms with Gasteiger partial charge in [0, 0.05) is 23.0 Å². The predicted molar refractivity (Wildman–Crippen MR) is 114 cm³/mol. The number of benzene rings is 1. The minimum absolute atomic E-state index is 0.471. The molecular weight excluding hydrogens is 396 g/mol. The molecule has 1 atom stereocenters. The van der Waals surface area contributed by atoms with Gasteiger partial charge in [-0.05, 0) is 49.1 Å². The molecule has 0 N–H and O–H groups in total. The van der Waals surface area contributed by atoms with Crippen molar-refractivity contribution in [2.45, 2.75) is 38.8 Å². The SMILES string of the molecule is Cc1onc(-c2ccccc2)c1-c1nnc(CN2CCc3sccc3[C@@H]2C2CC2)o1. The second kappa shape index (κ2) is 7.18. The van der Waals surface area contributed by atoms with E-state index in [0.29, 0.717) is 30.1 Å². The molecule has 6 rings (SSSR count). The van der Waals surface area contributed by atoms with Crippen LogP contribution in [-0.4, -0.2) is 26.8 Å². The third-order valence-corrected chi connectivity index (χ3v) is 7.11. The number of fused-ring (bicyclic) bond motifs is 1. The number of hydrogen-bond acceptors (Lipinski definition) is 7. The lowest BCUT2D eigenvalue weighted by atomic mass is 9.96. The van der Waals surface area contributed by atoms with Crippen molar-refractivity contribution < 1.29 is 8.94 Å². The van der Waals surface area contributed by atoms with Gasteiger partial charge in [0.1, 0.15) is 17.0 Å². The van der Waals surface area contributed by atoms with Gasteiger partial charge in [-0.25, -0.2) is 0 Å². The zero-order valence-electron chi connectivity index (χ0n) is 16.7. The van der Waals surface area contributed by atoms with Crippen molar-refractivity contribution in [3.05, 3.63) is 63.9 Å². The van der Waals surface area contributed by atoms with E-state index >= 15 is 0 Å². The summed E-state index contributed by atoms with van der Waals surface area (Å²) in [6.07, 6.45) is 3.72. The van der Waals surface area contributed by atoms with Crippen LogP contribution in [0.3, 0.4) is 0 Å². The van der Waals surface area contributed by atoms with Gasteiger partial charge in [0.2, 0.25) is 5.89 Å². The molecule has 3 aromatic heterocycles. The average Bonchev–Trinajstić information content (AvgIpc) is 3.13. The van der Waals surface area contributed by atoms with Crippen LogP contribution in [0.4, 0.5) is 0 Å². The summed E-state index contributed by atoms with van der Waals surface area (Å²) in [5, 5.41) is 15.2. The molecule has 0 saturated heterocycles. The van der Waals surface area contributed by atoms with E-state index in [9.17, 15) is 0 Å². The number of hydrogen-bond donors (Lipinski definition) is 0. The van der Waals surface area contributed by atoms with E-state index < -0.39 is 0 Å². The van der Waals surface area contributed by atoms with Crippen molar-refractivity contribution in [3.63, 3.8) is 0 Å². The summed E-state index contributed by atoms with van der Waals surface area (Å²) in [4.78, 5) is 4.06. The second-order valence-electron chi connectivity index (χ2n) is 8.13. The van der Waals surface area contributed by atoms with Gasteiger partial charge in [-0.1, -0.05) is 35.5 Å². The van der Waals surface area contributed by atoms with E-state index in [1.807, 2.05) is 48.6 Å². The normalized spacial score (nSPS) is 19.2. The number of aryl methyl sites for hydroxylation is 1. The van der Waals surface area contributed by atoms with Gasteiger partial charge >= 0.3 is 0 Å². The van der Waals surface area contributed by atoms with Gasteiger partial charge in [-0.3, -0.25) is 4.90 Å². The Morgan fingerprint density at radius 1 is 1.13 bits per heavy atom. The van der Waals surface area contributed by atoms with Crippen molar-refractivity contribution in [1.82, 2.24) is 20.3 Å². The fraction of sp³-hybridized carbons (Fsp3) is 0.348. The highest BCUT2D eigenvalue weighted by Gasteiger charge is 2.40. The van der Waals surface area contributed by atoms with Crippen molar-refractivity contribution in [1.29, 1.82) is 0 Å². The molecule has 0 amide bonds. The van der Waals surface area contributed by atoms with Crippen LogP contribution in [0.1, 0.15) is 41.0 Å². The molecule has 2 aliphatic rings. The van der Waals surface area contributed by atoms with Crippen LogP contribution in [0.25, 0.3) is 22.7 Å². The Balaban J connectivity index is 1.29. The van der Waals surface area contributed by atoms with Gasteiger partial charge in [0.05, 0.1) is 6.54 Å². The summed E-state index contributed by atoms with van der Waals surface area (Å²) in [5.41, 5.74) is 3.99. The Morgan fingerprint density at radius 2 is 2.00 bits per heavy atom. The fourth-order valence-electron chi connectivity index (χ4n) is 4.55. The van der Waals surface area contributed by atoms with Crippen LogP contribution in [0.2, 0.25) is 0 Å². The van der Waals surface area contributed by atoms with Gasteiger partial charge in [-0.15, -0.1) is 21.5 Å². The molecule has 4 aromatic rings. The average molecular weight is 419 g/mol. The van der Waals surface area contributed by atoms with E-state index in [2.05, 4.69) is 31.7 Å². The summed E-state index contributed by atoms with van der Waals surface area (Å²) in [7, 11) is 0. The fourth-order valence-corrected chi connectivity index (χ4v) is 5.46.